The van der Waals surface area contributed by atoms with Crippen LogP contribution < -0.4 is 0 Å². The number of aliphatic hydroxyl groups excluding tert-OH is 2. The van der Waals surface area contributed by atoms with E-state index >= 15 is 0 Å². The van der Waals surface area contributed by atoms with Crippen LogP contribution in [0.15, 0.2) is 60.8 Å². The van der Waals surface area contributed by atoms with Crippen molar-refractivity contribution in [2.24, 2.45) is 0 Å². The normalized spacial score (nSPS) is 14.6. The van der Waals surface area contributed by atoms with E-state index in [2.05, 4.69) is 79.1 Å². The lowest BCUT2D eigenvalue weighted by Gasteiger charge is -2.20. The second kappa shape index (κ2) is 38.0. The molecule has 0 aliphatic rings. The first-order valence-corrected chi connectivity index (χ1v) is 21.7. The first kappa shape index (κ1) is 50.7. The van der Waals surface area contributed by atoms with E-state index in [4.69, 9.17) is 19.1 Å². The minimum atomic E-state index is -4.63. The lowest BCUT2D eigenvalue weighted by molar-refractivity contribution is -0.161. The smallest absolute Gasteiger partial charge is 0.462 e. The summed E-state index contributed by atoms with van der Waals surface area (Å²) in [5.41, 5.74) is 0. The molecule has 0 aromatic carbocycles. The average molecular weight is 769 g/mol. The Balaban J connectivity index is 4.42. The highest BCUT2D eigenvalue weighted by Crippen LogP contribution is 2.43. The third-order valence-corrected chi connectivity index (χ3v) is 9.11. The number of aliphatic hydroxyl groups is 2. The summed E-state index contributed by atoms with van der Waals surface area (Å²) < 4.78 is 32.6. The average Bonchev–Trinajstić information content (AvgIpc) is 3.14. The molecule has 0 aromatic rings. The SMILES string of the molecule is CC/C=C/C/C=C/C/C=C/C/C=C/CCCCC(=O)OC[C@H](COP(=O)(O)OC[C@@H](O)CO)OC(=O)CCCCCCCCC/C=C/CCCCCC. The fourth-order valence-corrected chi connectivity index (χ4v) is 5.83. The topological polar surface area (TPSA) is 149 Å². The summed E-state index contributed by atoms with van der Waals surface area (Å²) in [6.07, 6.45) is 40.5. The van der Waals surface area contributed by atoms with Crippen LogP contribution in [-0.2, 0) is 32.7 Å². The van der Waals surface area contributed by atoms with Gasteiger partial charge in [0.05, 0.1) is 19.8 Å². The maximum absolute atomic E-state index is 12.6. The van der Waals surface area contributed by atoms with Crippen LogP contribution >= 0.6 is 7.82 Å². The molecule has 0 aliphatic heterocycles. The van der Waals surface area contributed by atoms with Gasteiger partial charge in [-0.25, -0.2) is 4.57 Å². The van der Waals surface area contributed by atoms with Gasteiger partial charge in [-0.2, -0.15) is 0 Å². The molecule has 0 amide bonds. The van der Waals surface area contributed by atoms with Gasteiger partial charge in [0.1, 0.15) is 12.7 Å². The van der Waals surface area contributed by atoms with Crippen LogP contribution in [0.5, 0.6) is 0 Å². The van der Waals surface area contributed by atoms with E-state index in [0.717, 1.165) is 64.2 Å². The lowest BCUT2D eigenvalue weighted by atomic mass is 10.1. The Hall–Kier alpha value is -2.33. The van der Waals surface area contributed by atoms with Crippen LogP contribution in [0.2, 0.25) is 0 Å². The highest BCUT2D eigenvalue weighted by molar-refractivity contribution is 7.47. The molecule has 0 rings (SSSR count). The number of phosphoric acid groups is 1. The third kappa shape index (κ3) is 37.8. The number of hydrogen-bond donors (Lipinski definition) is 3. The molecule has 0 radical (unpaired) electrons. The van der Waals surface area contributed by atoms with Crippen molar-refractivity contribution in [3.63, 3.8) is 0 Å². The van der Waals surface area contributed by atoms with Crippen LogP contribution in [0, 0.1) is 0 Å². The number of ether oxygens (including phenoxy) is 2. The molecule has 0 saturated heterocycles. The van der Waals surface area contributed by atoms with E-state index in [1.807, 2.05) is 0 Å². The zero-order valence-corrected chi connectivity index (χ0v) is 33.9. The van der Waals surface area contributed by atoms with Crippen molar-refractivity contribution in [3.8, 4) is 0 Å². The first-order valence-electron chi connectivity index (χ1n) is 20.2. The molecule has 53 heavy (non-hydrogen) atoms. The lowest BCUT2D eigenvalue weighted by Crippen LogP contribution is -2.29. The molecular formula is C42H73O10P. The Morgan fingerprint density at radius 3 is 1.62 bits per heavy atom. The summed E-state index contributed by atoms with van der Waals surface area (Å²) in [4.78, 5) is 34.9. The third-order valence-electron chi connectivity index (χ3n) is 8.16. The van der Waals surface area contributed by atoms with E-state index in [-0.39, 0.29) is 19.4 Å². The van der Waals surface area contributed by atoms with Crippen LogP contribution in [0.3, 0.4) is 0 Å². The molecule has 10 nitrogen and oxygen atoms in total. The molecule has 3 N–H and O–H groups in total. The minimum absolute atomic E-state index is 0.167. The van der Waals surface area contributed by atoms with Crippen molar-refractivity contribution in [2.75, 3.05) is 26.4 Å². The number of rotatable bonds is 37. The second-order valence-electron chi connectivity index (χ2n) is 13.3. The molecule has 0 bridgehead atoms. The number of carbonyl (C=O) groups is 2. The van der Waals surface area contributed by atoms with E-state index in [9.17, 15) is 24.2 Å². The van der Waals surface area contributed by atoms with Crippen LogP contribution in [0.4, 0.5) is 0 Å². The molecule has 0 heterocycles. The zero-order chi connectivity index (χ0) is 39.1. The van der Waals surface area contributed by atoms with Gasteiger partial charge in [-0.3, -0.25) is 18.6 Å². The number of unbranched alkanes of at least 4 members (excludes halogenated alkanes) is 13. The van der Waals surface area contributed by atoms with Gasteiger partial charge in [0.15, 0.2) is 6.10 Å². The Labute approximate surface area is 321 Å². The largest absolute Gasteiger partial charge is 0.472 e. The molecule has 0 saturated carbocycles. The van der Waals surface area contributed by atoms with Crippen molar-refractivity contribution in [1.29, 1.82) is 0 Å². The first-order chi connectivity index (χ1) is 25.7. The highest BCUT2D eigenvalue weighted by Gasteiger charge is 2.27. The Bertz CT molecular complexity index is 1070. The molecule has 0 fully saturated rings. The standard InChI is InChI=1S/C42H73O10P/c1-3-5-7-9-11-13-15-17-19-21-23-25-27-29-31-33-41(45)49-37-40(38-51-53(47,48)50-36-39(44)35-43)52-42(46)34-32-30-28-26-24-22-20-18-16-14-12-10-8-6-4-2/h5,7,11,13-14,16-17,19,23,25,39-40,43-44H,3-4,6,8-10,12,15,18,20-22,24,26-38H2,1-2H3,(H,47,48)/b7-5+,13-11+,16-14+,19-17+,25-23+/t39-,40+/m0/s1. The van der Waals surface area contributed by atoms with Crippen molar-refractivity contribution >= 4 is 19.8 Å². The number of esters is 2. The molecule has 0 aliphatic carbocycles. The zero-order valence-electron chi connectivity index (χ0n) is 33.0. The minimum Gasteiger partial charge on any atom is -0.462 e. The fraction of sp³-hybridized carbons (Fsp3) is 0.714. The predicted octanol–water partition coefficient (Wildman–Crippen LogP) is 10.3. The van der Waals surface area contributed by atoms with Gasteiger partial charge in [0.25, 0.3) is 0 Å². The quantitative estimate of drug-likeness (QED) is 0.0241. The van der Waals surface area contributed by atoms with Crippen molar-refractivity contribution in [2.45, 2.75) is 167 Å². The van der Waals surface area contributed by atoms with Gasteiger partial charge in [0.2, 0.25) is 0 Å². The predicted molar refractivity (Wildman–Crippen MR) is 214 cm³/mol. The maximum atomic E-state index is 12.6. The summed E-state index contributed by atoms with van der Waals surface area (Å²) in [7, 11) is -4.63. The molecule has 0 spiro atoms. The van der Waals surface area contributed by atoms with Crippen LogP contribution in [0.25, 0.3) is 0 Å². The Kier molecular flexibility index (Phi) is 36.3. The summed E-state index contributed by atoms with van der Waals surface area (Å²) in [6, 6.07) is 0. The highest BCUT2D eigenvalue weighted by atomic mass is 31.2. The van der Waals surface area contributed by atoms with Gasteiger partial charge >= 0.3 is 19.8 Å². The van der Waals surface area contributed by atoms with E-state index < -0.39 is 51.8 Å². The number of hydrogen-bond acceptors (Lipinski definition) is 9. The van der Waals surface area contributed by atoms with Crippen molar-refractivity contribution < 1.29 is 47.8 Å². The number of carbonyl (C=O) groups excluding carboxylic acids is 2. The van der Waals surface area contributed by atoms with Crippen molar-refractivity contribution in [1.82, 2.24) is 0 Å². The van der Waals surface area contributed by atoms with Gasteiger partial charge in [-0.15, -0.1) is 0 Å². The monoisotopic (exact) mass is 768 g/mol. The van der Waals surface area contributed by atoms with Gasteiger partial charge in [-0.1, -0.05) is 126 Å². The Morgan fingerprint density at radius 1 is 0.585 bits per heavy atom. The summed E-state index contributed by atoms with van der Waals surface area (Å²) in [5, 5.41) is 18.3. The number of allylic oxidation sites excluding steroid dienone is 10. The van der Waals surface area contributed by atoms with Crippen LogP contribution in [0.1, 0.15) is 155 Å². The molecular weight excluding hydrogens is 695 g/mol. The fourth-order valence-electron chi connectivity index (χ4n) is 5.04. The maximum Gasteiger partial charge on any atom is 0.472 e. The second-order valence-corrected chi connectivity index (χ2v) is 14.7. The van der Waals surface area contributed by atoms with Gasteiger partial charge < -0.3 is 24.6 Å². The molecule has 0 aromatic heterocycles. The van der Waals surface area contributed by atoms with Crippen LogP contribution in [-0.4, -0.2) is 65.7 Å². The van der Waals surface area contributed by atoms with E-state index in [1.54, 1.807) is 0 Å². The van der Waals surface area contributed by atoms with Crippen molar-refractivity contribution in [3.05, 3.63) is 60.8 Å². The summed E-state index contributed by atoms with van der Waals surface area (Å²) >= 11 is 0. The van der Waals surface area contributed by atoms with E-state index in [0.29, 0.717) is 12.8 Å². The Morgan fingerprint density at radius 2 is 1.04 bits per heavy atom. The molecule has 306 valence electrons. The van der Waals surface area contributed by atoms with Gasteiger partial charge in [0, 0.05) is 12.8 Å². The number of phosphoric ester groups is 1. The summed E-state index contributed by atoms with van der Waals surface area (Å²) in [5.74, 6) is -0.984. The van der Waals surface area contributed by atoms with Gasteiger partial charge in [-0.05, 0) is 77.0 Å². The molecule has 1 unspecified atom stereocenters. The molecule has 11 heteroatoms. The molecule has 3 atom stereocenters. The van der Waals surface area contributed by atoms with E-state index in [1.165, 1.54) is 51.4 Å². The summed E-state index contributed by atoms with van der Waals surface area (Å²) in [6.45, 7) is 2.18.